The van der Waals surface area contributed by atoms with Gasteiger partial charge < -0.3 is 44.7 Å². The van der Waals surface area contributed by atoms with Crippen molar-refractivity contribution in [3.8, 4) is 11.5 Å². The Morgan fingerprint density at radius 3 is 1.62 bits per heavy atom. The van der Waals surface area contributed by atoms with Crippen molar-refractivity contribution < 1.29 is 33.3 Å². The smallest absolute Gasteiger partial charge is 0.410 e. The molecule has 0 aliphatic carbocycles. The fourth-order valence-corrected chi connectivity index (χ4v) is 5.20. The molecule has 50 heavy (non-hydrogen) atoms. The average Bonchev–Trinajstić information content (AvgIpc) is 2.96. The first-order chi connectivity index (χ1) is 23.6. The predicted molar refractivity (Wildman–Crippen MR) is 189 cm³/mol. The molecule has 13 nitrogen and oxygen atoms in total. The molecule has 1 aromatic heterocycles. The van der Waals surface area contributed by atoms with Gasteiger partial charge in [0.1, 0.15) is 34.9 Å². The van der Waals surface area contributed by atoms with Crippen LogP contribution in [0.3, 0.4) is 0 Å². The van der Waals surface area contributed by atoms with Crippen LogP contribution in [-0.4, -0.2) is 101 Å². The maximum Gasteiger partial charge on any atom is 0.410 e. The zero-order valence-electron chi connectivity index (χ0n) is 29.6. The molecule has 3 fully saturated rings. The van der Waals surface area contributed by atoms with Crippen LogP contribution in [0, 0.1) is 0 Å². The molecule has 0 atom stereocenters. The predicted octanol–water partition coefficient (Wildman–Crippen LogP) is 5.98. The summed E-state index contributed by atoms with van der Waals surface area (Å²) in [7, 11) is 0. The lowest BCUT2D eigenvalue weighted by Gasteiger charge is -2.39. The number of carbonyl (C=O) groups excluding carboxylic acids is 3. The monoisotopic (exact) mass is 688 g/mol. The first-order valence-electron chi connectivity index (χ1n) is 16.8. The molecule has 4 heterocycles. The zero-order chi connectivity index (χ0) is 36.1. The van der Waals surface area contributed by atoms with Crippen LogP contribution >= 0.6 is 0 Å². The number of nitrogens with zero attached hydrogens (tertiary/aromatic N) is 4. The number of ether oxygens (including phenoxy) is 4. The molecule has 3 saturated heterocycles. The van der Waals surface area contributed by atoms with E-state index in [9.17, 15) is 14.4 Å². The van der Waals surface area contributed by atoms with Crippen molar-refractivity contribution in [3.63, 3.8) is 0 Å². The van der Waals surface area contributed by atoms with Crippen molar-refractivity contribution >= 4 is 29.6 Å². The van der Waals surface area contributed by atoms with Gasteiger partial charge in [-0.05, 0) is 102 Å². The zero-order valence-corrected chi connectivity index (χ0v) is 29.6. The summed E-state index contributed by atoms with van der Waals surface area (Å²) in [6.45, 7) is 14.6. The minimum Gasteiger partial charge on any atom is -0.487 e. The third kappa shape index (κ3) is 10.4. The number of hydrogen-bond donors (Lipinski definition) is 2. The lowest BCUT2D eigenvalue weighted by atomic mass is 9.93. The van der Waals surface area contributed by atoms with E-state index in [2.05, 4.69) is 10.3 Å². The van der Waals surface area contributed by atoms with Crippen LogP contribution < -0.4 is 20.5 Å². The lowest BCUT2D eigenvalue weighted by molar-refractivity contribution is -0.0225. The Morgan fingerprint density at radius 2 is 1.18 bits per heavy atom. The standard InChI is InChI=1S/C23H28N4O4.C14H20N2O3/c1-23(2,3)31-22(29)27-14-20(15-27)30-19-8-6-18(7-9-19)25-21(28)26-12-17(13-26)16-5-4-10-24-11-16;1-14(2,3)19-13(17)16-8-12(9-16)18-11-6-4-10(15)5-7-11/h4-11,17,20H,12-15H2,1-3H3,(H,25,28);4-7,12H,8-9,15H2,1-3H3. The highest BCUT2D eigenvalue weighted by Gasteiger charge is 2.36. The Hall–Kier alpha value is -5.20. The van der Waals surface area contributed by atoms with E-state index in [4.69, 9.17) is 24.7 Å². The highest BCUT2D eigenvalue weighted by Crippen LogP contribution is 2.28. The number of nitrogens with two attached hydrogens (primary N) is 1. The molecule has 4 amide bonds. The number of anilines is 2. The number of carbonyl (C=O) groups is 3. The molecule has 3 aliphatic heterocycles. The van der Waals surface area contributed by atoms with E-state index in [0.29, 0.717) is 62.3 Å². The van der Waals surface area contributed by atoms with Gasteiger partial charge in [0.05, 0.1) is 26.2 Å². The van der Waals surface area contributed by atoms with E-state index in [-0.39, 0.29) is 30.4 Å². The van der Waals surface area contributed by atoms with Crippen LogP contribution in [0.5, 0.6) is 11.5 Å². The van der Waals surface area contributed by atoms with Crippen LogP contribution in [0.15, 0.2) is 73.1 Å². The molecule has 0 radical (unpaired) electrons. The Balaban J connectivity index is 0.000000219. The van der Waals surface area contributed by atoms with Crippen LogP contribution in [0.25, 0.3) is 0 Å². The Bertz CT molecular complexity index is 1590. The van der Waals surface area contributed by atoms with Crippen molar-refractivity contribution in [2.75, 3.05) is 50.3 Å². The van der Waals surface area contributed by atoms with E-state index < -0.39 is 11.2 Å². The summed E-state index contributed by atoms with van der Waals surface area (Å²) >= 11 is 0. The van der Waals surface area contributed by atoms with Crippen molar-refractivity contribution in [2.45, 2.75) is 70.9 Å². The molecule has 0 spiro atoms. The van der Waals surface area contributed by atoms with Gasteiger partial charge in [-0.1, -0.05) is 6.07 Å². The summed E-state index contributed by atoms with van der Waals surface area (Å²) in [6.07, 6.45) is 2.97. The van der Waals surface area contributed by atoms with Gasteiger partial charge >= 0.3 is 18.2 Å². The second-order valence-electron chi connectivity index (χ2n) is 14.7. The quantitative estimate of drug-likeness (QED) is 0.299. The lowest BCUT2D eigenvalue weighted by Crippen LogP contribution is -2.57. The SMILES string of the molecule is CC(C)(C)OC(=O)N1CC(Oc2ccc(N)cc2)C1.CC(C)(C)OC(=O)N1CC(Oc2ccc(NC(=O)N3CC(c4cccnc4)C3)cc2)C1. The van der Waals surface area contributed by atoms with Crippen LogP contribution in [0.4, 0.5) is 25.8 Å². The van der Waals surface area contributed by atoms with E-state index in [0.717, 1.165) is 11.3 Å². The number of amides is 4. The average molecular weight is 689 g/mol. The van der Waals surface area contributed by atoms with Crippen molar-refractivity contribution in [2.24, 2.45) is 0 Å². The number of benzene rings is 2. The summed E-state index contributed by atoms with van der Waals surface area (Å²) in [4.78, 5) is 45.3. The number of likely N-dealkylation sites (tertiary alicyclic amines) is 3. The van der Waals surface area contributed by atoms with E-state index in [1.165, 1.54) is 0 Å². The molecule has 3 aromatic rings. The van der Waals surface area contributed by atoms with E-state index in [1.807, 2.05) is 96.3 Å². The minimum absolute atomic E-state index is 0.0242. The Labute approximate surface area is 293 Å². The number of nitrogen functional groups attached to an aromatic ring is 1. The van der Waals surface area contributed by atoms with Crippen molar-refractivity contribution in [1.29, 1.82) is 0 Å². The fraction of sp³-hybridized carbons (Fsp3) is 0.459. The molecule has 0 bridgehead atoms. The van der Waals surface area contributed by atoms with Crippen molar-refractivity contribution in [1.82, 2.24) is 19.7 Å². The second-order valence-corrected chi connectivity index (χ2v) is 14.7. The summed E-state index contributed by atoms with van der Waals surface area (Å²) < 4.78 is 22.2. The molecule has 3 aliphatic rings. The maximum atomic E-state index is 12.4. The number of nitrogens with one attached hydrogen (secondary N) is 1. The molecule has 3 N–H and O–H groups in total. The van der Waals surface area contributed by atoms with Gasteiger partial charge in [0.15, 0.2) is 0 Å². The third-order valence-electron chi connectivity index (χ3n) is 7.92. The topological polar surface area (TPSA) is 149 Å². The van der Waals surface area contributed by atoms with Gasteiger partial charge in [-0.25, -0.2) is 14.4 Å². The molecule has 13 heteroatoms. The molecule has 0 unspecified atom stereocenters. The highest BCUT2D eigenvalue weighted by molar-refractivity contribution is 5.90. The normalized spacial score (nSPS) is 16.5. The number of rotatable bonds is 6. The third-order valence-corrected chi connectivity index (χ3v) is 7.92. The second kappa shape index (κ2) is 15.1. The van der Waals surface area contributed by atoms with Gasteiger partial charge in [-0.3, -0.25) is 4.98 Å². The summed E-state index contributed by atoms with van der Waals surface area (Å²) in [5.41, 5.74) is 7.22. The highest BCUT2D eigenvalue weighted by atomic mass is 16.6. The minimum atomic E-state index is -0.501. The molecule has 268 valence electrons. The van der Waals surface area contributed by atoms with Crippen LogP contribution in [0.1, 0.15) is 53.0 Å². The van der Waals surface area contributed by atoms with Gasteiger partial charge in [0, 0.05) is 42.8 Å². The summed E-state index contributed by atoms with van der Waals surface area (Å²) in [6, 6.07) is 18.4. The van der Waals surface area contributed by atoms with Crippen LogP contribution in [0.2, 0.25) is 0 Å². The summed E-state index contributed by atoms with van der Waals surface area (Å²) in [5.74, 6) is 1.81. The van der Waals surface area contributed by atoms with Gasteiger partial charge in [0.2, 0.25) is 0 Å². The molecular formula is C37H48N6O7. The van der Waals surface area contributed by atoms with E-state index >= 15 is 0 Å². The first-order valence-corrected chi connectivity index (χ1v) is 16.8. The largest absolute Gasteiger partial charge is 0.487 e. The molecule has 6 rings (SSSR count). The molecular weight excluding hydrogens is 640 g/mol. The number of pyridine rings is 1. The summed E-state index contributed by atoms with van der Waals surface area (Å²) in [5, 5.41) is 2.91. The van der Waals surface area contributed by atoms with Gasteiger partial charge in [0.25, 0.3) is 0 Å². The Kier molecular flexibility index (Phi) is 10.9. The van der Waals surface area contributed by atoms with Crippen LogP contribution in [-0.2, 0) is 9.47 Å². The van der Waals surface area contributed by atoms with Gasteiger partial charge in [-0.2, -0.15) is 0 Å². The van der Waals surface area contributed by atoms with Gasteiger partial charge in [-0.15, -0.1) is 0 Å². The number of urea groups is 1. The fourth-order valence-electron chi connectivity index (χ4n) is 5.20. The molecule has 0 saturated carbocycles. The van der Waals surface area contributed by atoms with Crippen molar-refractivity contribution in [3.05, 3.63) is 78.6 Å². The van der Waals surface area contributed by atoms with E-state index in [1.54, 1.807) is 33.0 Å². The number of aromatic nitrogens is 1. The molecule has 2 aromatic carbocycles. The number of hydrogen-bond acceptors (Lipinski definition) is 9. The Morgan fingerprint density at radius 1 is 0.700 bits per heavy atom. The first kappa shape index (κ1) is 36.1. The maximum absolute atomic E-state index is 12.4.